The standard InChI is InChI=1S/C27H41NO2/c1-7-8-23-18(5)25(29)28(26(23)30)20-13-14-27(6)19(15-20)9-10-22-17(4)21(16(2)3)11-12-24(22)27/h7-8,16-17,19-22,24H,9-15H2,1-6H3/b8-7-/t17?,19?,20?,21-,22?,24?,27?/m1/s1. The molecule has 0 radical (unpaired) electrons. The summed E-state index contributed by atoms with van der Waals surface area (Å²) in [5, 5.41) is 0. The number of amides is 2. The molecule has 4 rings (SSSR count). The normalized spacial score (nSPS) is 42.3. The Kier molecular flexibility index (Phi) is 5.79. The molecule has 6 unspecified atom stereocenters. The van der Waals surface area contributed by atoms with Gasteiger partial charge in [-0.15, -0.1) is 0 Å². The second-order valence-corrected chi connectivity index (χ2v) is 11.3. The molecule has 0 N–H and O–H groups in total. The largest absolute Gasteiger partial charge is 0.272 e. The first kappa shape index (κ1) is 21.8. The lowest BCUT2D eigenvalue weighted by Gasteiger charge is -2.60. The molecule has 0 saturated heterocycles. The van der Waals surface area contributed by atoms with Crippen molar-refractivity contribution in [1.29, 1.82) is 0 Å². The summed E-state index contributed by atoms with van der Waals surface area (Å²) < 4.78 is 0. The molecule has 0 aromatic carbocycles. The van der Waals surface area contributed by atoms with Crippen LogP contribution in [0.25, 0.3) is 0 Å². The number of carbonyl (C=O) groups excluding carboxylic acids is 2. The van der Waals surface area contributed by atoms with Gasteiger partial charge in [0.25, 0.3) is 11.8 Å². The molecule has 3 nitrogen and oxygen atoms in total. The van der Waals surface area contributed by atoms with Crippen LogP contribution in [0, 0.1) is 40.9 Å². The van der Waals surface area contributed by atoms with E-state index >= 15 is 0 Å². The Labute approximate surface area is 183 Å². The van der Waals surface area contributed by atoms with Crippen LogP contribution in [0.1, 0.15) is 86.5 Å². The predicted octanol–water partition coefficient (Wildman–Crippen LogP) is 6.15. The van der Waals surface area contributed by atoms with E-state index in [0.29, 0.717) is 22.5 Å². The SMILES string of the molecule is C/C=C\C1=C(C)C(=O)N(C2CCC3(C)C(CCC4C(C)[C@@H](C(C)C)CCC43)C2)C1=O. The Bertz CT molecular complexity index is 778. The van der Waals surface area contributed by atoms with E-state index in [1.54, 1.807) is 4.90 Å². The molecule has 0 bridgehead atoms. The molecule has 3 aliphatic carbocycles. The Balaban J connectivity index is 1.51. The van der Waals surface area contributed by atoms with E-state index in [2.05, 4.69) is 27.7 Å². The van der Waals surface area contributed by atoms with Crippen LogP contribution in [0.5, 0.6) is 0 Å². The summed E-state index contributed by atoms with van der Waals surface area (Å²) >= 11 is 0. The molecule has 2 amide bonds. The molecular weight excluding hydrogens is 370 g/mol. The number of carbonyl (C=O) groups is 2. The van der Waals surface area contributed by atoms with Gasteiger partial charge in [0, 0.05) is 17.2 Å². The molecule has 3 fully saturated rings. The van der Waals surface area contributed by atoms with Gasteiger partial charge in [-0.3, -0.25) is 14.5 Å². The zero-order valence-electron chi connectivity index (χ0n) is 19.9. The maximum Gasteiger partial charge on any atom is 0.261 e. The van der Waals surface area contributed by atoms with Gasteiger partial charge < -0.3 is 0 Å². The second-order valence-electron chi connectivity index (χ2n) is 11.3. The van der Waals surface area contributed by atoms with Gasteiger partial charge in [0.2, 0.25) is 0 Å². The van der Waals surface area contributed by atoms with Crippen molar-refractivity contribution >= 4 is 11.8 Å². The summed E-state index contributed by atoms with van der Waals surface area (Å²) in [5.74, 6) is 4.71. The second kappa shape index (κ2) is 7.95. The average molecular weight is 412 g/mol. The number of hydrogen-bond donors (Lipinski definition) is 0. The van der Waals surface area contributed by atoms with Crippen molar-refractivity contribution in [1.82, 2.24) is 4.90 Å². The highest BCUT2D eigenvalue weighted by Crippen LogP contribution is 2.61. The maximum atomic E-state index is 13.0. The van der Waals surface area contributed by atoms with E-state index in [9.17, 15) is 9.59 Å². The van der Waals surface area contributed by atoms with Crippen LogP contribution in [0.2, 0.25) is 0 Å². The van der Waals surface area contributed by atoms with Crippen molar-refractivity contribution < 1.29 is 9.59 Å². The van der Waals surface area contributed by atoms with Gasteiger partial charge in [0.15, 0.2) is 0 Å². The topological polar surface area (TPSA) is 37.4 Å². The Morgan fingerprint density at radius 3 is 2.47 bits per heavy atom. The Morgan fingerprint density at radius 1 is 1.07 bits per heavy atom. The van der Waals surface area contributed by atoms with Crippen molar-refractivity contribution in [3.05, 3.63) is 23.3 Å². The fraction of sp³-hybridized carbons (Fsp3) is 0.778. The number of hydrogen-bond acceptors (Lipinski definition) is 2. The van der Waals surface area contributed by atoms with Gasteiger partial charge in [-0.05, 0) is 99.7 Å². The van der Waals surface area contributed by atoms with E-state index in [-0.39, 0.29) is 17.9 Å². The molecule has 3 saturated carbocycles. The molecular formula is C27H41NO2. The summed E-state index contributed by atoms with van der Waals surface area (Å²) in [6, 6.07) is 0.0850. The van der Waals surface area contributed by atoms with Crippen molar-refractivity contribution in [3.8, 4) is 0 Å². The molecule has 1 heterocycles. The molecule has 0 spiro atoms. The lowest BCUT2D eigenvalue weighted by molar-refractivity contribution is -0.146. The maximum absolute atomic E-state index is 13.0. The zero-order valence-corrected chi connectivity index (χ0v) is 19.9. The van der Waals surface area contributed by atoms with Gasteiger partial charge in [-0.25, -0.2) is 0 Å². The first-order valence-electron chi connectivity index (χ1n) is 12.4. The van der Waals surface area contributed by atoms with Crippen molar-refractivity contribution in [3.63, 3.8) is 0 Å². The number of rotatable bonds is 3. The lowest BCUT2D eigenvalue weighted by Crippen LogP contribution is -2.55. The van der Waals surface area contributed by atoms with Gasteiger partial charge in [0.05, 0.1) is 0 Å². The molecule has 1 aliphatic heterocycles. The summed E-state index contributed by atoms with van der Waals surface area (Å²) in [7, 11) is 0. The van der Waals surface area contributed by atoms with Gasteiger partial charge >= 0.3 is 0 Å². The third-order valence-corrected chi connectivity index (χ3v) is 9.83. The van der Waals surface area contributed by atoms with Crippen LogP contribution in [-0.2, 0) is 9.59 Å². The van der Waals surface area contributed by atoms with Gasteiger partial charge in [-0.1, -0.05) is 39.8 Å². The molecule has 166 valence electrons. The number of fused-ring (bicyclic) bond motifs is 3. The van der Waals surface area contributed by atoms with Crippen LogP contribution in [0.3, 0.4) is 0 Å². The van der Waals surface area contributed by atoms with Crippen LogP contribution in [0.4, 0.5) is 0 Å². The van der Waals surface area contributed by atoms with Crippen molar-refractivity contribution in [2.24, 2.45) is 40.9 Å². The van der Waals surface area contributed by atoms with Crippen molar-refractivity contribution in [2.75, 3.05) is 0 Å². The number of imide groups is 1. The average Bonchev–Trinajstić information content (AvgIpc) is 2.91. The molecule has 0 aromatic heterocycles. The van der Waals surface area contributed by atoms with E-state index in [1.165, 1.54) is 25.7 Å². The fourth-order valence-electron chi connectivity index (χ4n) is 8.09. The van der Waals surface area contributed by atoms with Crippen LogP contribution >= 0.6 is 0 Å². The predicted molar refractivity (Wildman–Crippen MR) is 122 cm³/mol. The minimum Gasteiger partial charge on any atom is -0.272 e. The number of nitrogens with zero attached hydrogens (tertiary/aromatic N) is 1. The van der Waals surface area contributed by atoms with Crippen molar-refractivity contribution in [2.45, 2.75) is 92.5 Å². The molecule has 3 heteroatoms. The Hall–Kier alpha value is -1.38. The third kappa shape index (κ3) is 3.22. The van der Waals surface area contributed by atoms with E-state index in [0.717, 1.165) is 48.9 Å². The summed E-state index contributed by atoms with van der Waals surface area (Å²) in [4.78, 5) is 27.6. The minimum absolute atomic E-state index is 0.0542. The number of allylic oxidation sites excluding steroid dienone is 1. The monoisotopic (exact) mass is 411 g/mol. The fourth-order valence-corrected chi connectivity index (χ4v) is 8.09. The highest BCUT2D eigenvalue weighted by atomic mass is 16.2. The molecule has 7 atom stereocenters. The lowest BCUT2D eigenvalue weighted by atomic mass is 9.46. The molecule has 4 aliphatic rings. The third-order valence-electron chi connectivity index (χ3n) is 9.83. The van der Waals surface area contributed by atoms with Crippen LogP contribution < -0.4 is 0 Å². The first-order chi connectivity index (χ1) is 14.2. The highest BCUT2D eigenvalue weighted by molar-refractivity contribution is 6.20. The van der Waals surface area contributed by atoms with E-state index in [1.807, 2.05) is 26.0 Å². The summed E-state index contributed by atoms with van der Waals surface area (Å²) in [6.45, 7) is 13.6. The minimum atomic E-state index is -0.0658. The summed E-state index contributed by atoms with van der Waals surface area (Å²) in [5.41, 5.74) is 1.60. The highest BCUT2D eigenvalue weighted by Gasteiger charge is 2.55. The molecule has 30 heavy (non-hydrogen) atoms. The Morgan fingerprint density at radius 2 is 1.80 bits per heavy atom. The van der Waals surface area contributed by atoms with Crippen LogP contribution in [0.15, 0.2) is 23.3 Å². The van der Waals surface area contributed by atoms with Gasteiger partial charge in [-0.2, -0.15) is 0 Å². The molecule has 0 aromatic rings. The quantitative estimate of drug-likeness (QED) is 0.522. The zero-order chi connectivity index (χ0) is 21.8. The summed E-state index contributed by atoms with van der Waals surface area (Å²) in [6.07, 6.45) is 12.2. The smallest absolute Gasteiger partial charge is 0.261 e. The van der Waals surface area contributed by atoms with E-state index < -0.39 is 0 Å². The van der Waals surface area contributed by atoms with Gasteiger partial charge in [0.1, 0.15) is 0 Å². The van der Waals surface area contributed by atoms with E-state index in [4.69, 9.17) is 0 Å². The first-order valence-corrected chi connectivity index (χ1v) is 12.4. The van der Waals surface area contributed by atoms with Crippen LogP contribution in [-0.4, -0.2) is 22.8 Å².